The smallest absolute Gasteiger partial charge is 0.411 e. The summed E-state index contributed by atoms with van der Waals surface area (Å²) in [6.07, 6.45) is -0.557. The molecule has 16 heavy (non-hydrogen) atoms. The Morgan fingerprint density at radius 2 is 2.38 bits per heavy atom. The van der Waals surface area contributed by atoms with Crippen LogP contribution in [0, 0.1) is 11.8 Å². The zero-order valence-electron chi connectivity index (χ0n) is 8.71. The monoisotopic (exact) mass is 238 g/mol. The van der Waals surface area contributed by atoms with Gasteiger partial charge in [0.1, 0.15) is 0 Å². The van der Waals surface area contributed by atoms with E-state index in [0.29, 0.717) is 16.3 Å². The number of hydrogen-bond donors (Lipinski definition) is 2. The first-order valence-corrected chi connectivity index (χ1v) is 4.88. The third-order valence-corrected chi connectivity index (χ3v) is 1.96. The zero-order valence-corrected chi connectivity index (χ0v) is 9.47. The van der Waals surface area contributed by atoms with Crippen LogP contribution in [0.4, 0.5) is 10.5 Å². The van der Waals surface area contributed by atoms with E-state index in [1.54, 1.807) is 18.2 Å². The molecule has 0 aliphatic rings. The molecule has 0 saturated heterocycles. The first kappa shape index (κ1) is 12.4. The largest absolute Gasteiger partial charge is 0.453 e. The molecular formula is C11H11ClN2O2. The molecule has 4 nitrogen and oxygen atoms in total. The van der Waals surface area contributed by atoms with E-state index < -0.39 is 6.09 Å². The van der Waals surface area contributed by atoms with E-state index in [-0.39, 0.29) is 6.54 Å². The van der Waals surface area contributed by atoms with Crippen molar-refractivity contribution >= 4 is 23.4 Å². The summed E-state index contributed by atoms with van der Waals surface area (Å²) in [5, 5.41) is 3.07. The summed E-state index contributed by atoms with van der Waals surface area (Å²) in [7, 11) is 1.29. The highest BCUT2D eigenvalue weighted by molar-refractivity contribution is 6.30. The first-order chi connectivity index (χ1) is 7.67. The standard InChI is InChI=1S/C11H11ClN2O2/c1-16-11(15)14-10-5-4-9(12)7-8(10)3-2-6-13/h4-5,7H,6,13H2,1H3,(H,14,15). The maximum absolute atomic E-state index is 11.1. The van der Waals surface area contributed by atoms with Crippen LogP contribution in [0.25, 0.3) is 0 Å². The SMILES string of the molecule is COC(=O)Nc1ccc(Cl)cc1C#CCN. The van der Waals surface area contributed by atoms with Crippen molar-refractivity contribution in [3.63, 3.8) is 0 Å². The van der Waals surface area contributed by atoms with Gasteiger partial charge in [-0.05, 0) is 18.2 Å². The van der Waals surface area contributed by atoms with Gasteiger partial charge in [0.15, 0.2) is 0 Å². The van der Waals surface area contributed by atoms with Crippen LogP contribution in [-0.4, -0.2) is 19.7 Å². The Hall–Kier alpha value is -1.70. The van der Waals surface area contributed by atoms with Gasteiger partial charge in [0.25, 0.3) is 0 Å². The number of hydrogen-bond acceptors (Lipinski definition) is 3. The molecule has 3 N–H and O–H groups in total. The number of amides is 1. The lowest BCUT2D eigenvalue weighted by Crippen LogP contribution is -2.12. The highest BCUT2D eigenvalue weighted by Gasteiger charge is 2.05. The zero-order chi connectivity index (χ0) is 12.0. The van der Waals surface area contributed by atoms with E-state index >= 15 is 0 Å². The Kier molecular flexibility index (Phi) is 4.65. The Morgan fingerprint density at radius 1 is 1.62 bits per heavy atom. The molecule has 1 aromatic rings. The molecule has 0 aliphatic heterocycles. The number of anilines is 1. The van der Waals surface area contributed by atoms with Crippen molar-refractivity contribution < 1.29 is 9.53 Å². The van der Waals surface area contributed by atoms with E-state index in [9.17, 15) is 4.79 Å². The van der Waals surface area contributed by atoms with Crippen LogP contribution in [0.5, 0.6) is 0 Å². The van der Waals surface area contributed by atoms with E-state index in [0.717, 1.165) is 0 Å². The number of halogens is 1. The molecule has 0 radical (unpaired) electrons. The number of rotatable bonds is 1. The second-order valence-corrected chi connectivity index (χ2v) is 3.25. The van der Waals surface area contributed by atoms with Crippen LogP contribution in [0.2, 0.25) is 5.02 Å². The number of methoxy groups -OCH3 is 1. The predicted octanol–water partition coefficient (Wildman–Crippen LogP) is 1.83. The normalized spacial score (nSPS) is 8.94. The van der Waals surface area contributed by atoms with Gasteiger partial charge in [-0.1, -0.05) is 23.4 Å². The van der Waals surface area contributed by atoms with Crippen molar-refractivity contribution in [3.05, 3.63) is 28.8 Å². The molecule has 0 bridgehead atoms. The van der Waals surface area contributed by atoms with E-state index in [1.807, 2.05) is 0 Å². The van der Waals surface area contributed by atoms with Crippen molar-refractivity contribution in [2.75, 3.05) is 19.0 Å². The summed E-state index contributed by atoms with van der Waals surface area (Å²) in [4.78, 5) is 11.1. The average molecular weight is 239 g/mol. The molecule has 0 heterocycles. The molecule has 84 valence electrons. The van der Waals surface area contributed by atoms with Crippen LogP contribution in [0.3, 0.4) is 0 Å². The van der Waals surface area contributed by atoms with Crippen LogP contribution < -0.4 is 11.1 Å². The third kappa shape index (κ3) is 3.46. The predicted molar refractivity (Wildman–Crippen MR) is 63.4 cm³/mol. The summed E-state index contributed by atoms with van der Waals surface area (Å²) < 4.78 is 4.49. The number of nitrogens with two attached hydrogens (primary N) is 1. The second-order valence-electron chi connectivity index (χ2n) is 2.81. The number of carbonyl (C=O) groups excluding carboxylic acids is 1. The lowest BCUT2D eigenvalue weighted by molar-refractivity contribution is 0.187. The van der Waals surface area contributed by atoms with Crippen LogP contribution in [0.1, 0.15) is 5.56 Å². The molecule has 0 spiro atoms. The van der Waals surface area contributed by atoms with Crippen molar-refractivity contribution in [3.8, 4) is 11.8 Å². The molecular weight excluding hydrogens is 228 g/mol. The van der Waals surface area contributed by atoms with Gasteiger partial charge in [0.05, 0.1) is 19.3 Å². The lowest BCUT2D eigenvalue weighted by Gasteiger charge is -2.06. The fourth-order valence-corrected chi connectivity index (χ4v) is 1.21. The topological polar surface area (TPSA) is 64.3 Å². The van der Waals surface area contributed by atoms with E-state index in [2.05, 4.69) is 21.9 Å². The highest BCUT2D eigenvalue weighted by Crippen LogP contribution is 2.19. The highest BCUT2D eigenvalue weighted by atomic mass is 35.5. The maximum Gasteiger partial charge on any atom is 0.411 e. The molecule has 0 fully saturated rings. The Morgan fingerprint density at radius 3 is 3.00 bits per heavy atom. The van der Waals surface area contributed by atoms with Gasteiger partial charge in [-0.3, -0.25) is 5.32 Å². The molecule has 0 aromatic heterocycles. The molecule has 1 amide bonds. The fraction of sp³-hybridized carbons (Fsp3) is 0.182. The van der Waals surface area contributed by atoms with Gasteiger partial charge in [-0.2, -0.15) is 0 Å². The second kappa shape index (κ2) is 6.01. The van der Waals surface area contributed by atoms with Gasteiger partial charge in [-0.25, -0.2) is 4.79 Å². The first-order valence-electron chi connectivity index (χ1n) is 4.51. The molecule has 0 aliphatic carbocycles. The molecule has 1 aromatic carbocycles. The summed E-state index contributed by atoms with van der Waals surface area (Å²) in [5.41, 5.74) is 6.41. The number of carbonyl (C=O) groups is 1. The maximum atomic E-state index is 11.1. The minimum absolute atomic E-state index is 0.240. The van der Waals surface area contributed by atoms with Crippen molar-refractivity contribution in [2.24, 2.45) is 5.73 Å². The minimum Gasteiger partial charge on any atom is -0.453 e. The van der Waals surface area contributed by atoms with Gasteiger partial charge >= 0.3 is 6.09 Å². The van der Waals surface area contributed by atoms with Crippen LogP contribution >= 0.6 is 11.6 Å². The Labute approximate surface area is 98.7 Å². The number of benzene rings is 1. The van der Waals surface area contributed by atoms with E-state index in [1.165, 1.54) is 7.11 Å². The van der Waals surface area contributed by atoms with Crippen molar-refractivity contribution in [2.45, 2.75) is 0 Å². The van der Waals surface area contributed by atoms with Crippen molar-refractivity contribution in [1.29, 1.82) is 0 Å². The summed E-state index contributed by atoms with van der Waals surface area (Å²) >= 11 is 5.82. The number of ether oxygens (including phenoxy) is 1. The van der Waals surface area contributed by atoms with Gasteiger partial charge in [0, 0.05) is 10.6 Å². The summed E-state index contributed by atoms with van der Waals surface area (Å²) in [5.74, 6) is 5.50. The lowest BCUT2D eigenvalue weighted by atomic mass is 10.2. The Bertz CT molecular complexity index is 449. The van der Waals surface area contributed by atoms with Gasteiger partial charge in [-0.15, -0.1) is 0 Å². The third-order valence-electron chi connectivity index (χ3n) is 1.73. The van der Waals surface area contributed by atoms with E-state index in [4.69, 9.17) is 17.3 Å². The Balaban J connectivity index is 3.02. The van der Waals surface area contributed by atoms with Crippen LogP contribution in [0.15, 0.2) is 18.2 Å². The fourth-order valence-electron chi connectivity index (χ4n) is 1.04. The molecule has 1 rings (SSSR count). The van der Waals surface area contributed by atoms with Crippen LogP contribution in [-0.2, 0) is 4.74 Å². The quantitative estimate of drug-likeness (QED) is 0.734. The number of nitrogens with one attached hydrogen (secondary N) is 1. The summed E-state index contributed by atoms with van der Waals surface area (Å²) in [6.45, 7) is 0.240. The van der Waals surface area contributed by atoms with Gasteiger partial charge < -0.3 is 10.5 Å². The van der Waals surface area contributed by atoms with Crippen molar-refractivity contribution in [1.82, 2.24) is 0 Å². The molecule has 0 atom stereocenters. The average Bonchev–Trinajstić information content (AvgIpc) is 2.29. The molecule has 0 unspecified atom stereocenters. The molecule has 0 saturated carbocycles. The summed E-state index contributed by atoms with van der Waals surface area (Å²) in [6, 6.07) is 4.95. The molecule has 5 heteroatoms. The minimum atomic E-state index is -0.557. The van der Waals surface area contributed by atoms with Gasteiger partial charge in [0.2, 0.25) is 0 Å².